The summed E-state index contributed by atoms with van der Waals surface area (Å²) in [5.74, 6) is 0.362. The number of thiazole rings is 1. The van der Waals surface area contributed by atoms with Crippen LogP contribution in [-0.4, -0.2) is 22.0 Å². The van der Waals surface area contributed by atoms with E-state index < -0.39 is 6.10 Å². The lowest BCUT2D eigenvalue weighted by atomic mass is 9.91. The van der Waals surface area contributed by atoms with Crippen molar-refractivity contribution in [2.75, 3.05) is 0 Å². The molecule has 2 unspecified atom stereocenters. The van der Waals surface area contributed by atoms with Gasteiger partial charge in [0.25, 0.3) is 5.91 Å². The molecule has 2 atom stereocenters. The van der Waals surface area contributed by atoms with E-state index in [9.17, 15) is 9.90 Å². The van der Waals surface area contributed by atoms with E-state index in [4.69, 9.17) is 4.42 Å². The average Bonchev–Trinajstić information content (AvgIpc) is 3.09. The van der Waals surface area contributed by atoms with Crippen molar-refractivity contribution < 1.29 is 14.3 Å². The van der Waals surface area contributed by atoms with E-state index in [1.165, 1.54) is 17.6 Å². The molecule has 120 valence electrons. The van der Waals surface area contributed by atoms with Crippen LogP contribution in [0.2, 0.25) is 0 Å². The van der Waals surface area contributed by atoms with Crippen LogP contribution in [0.3, 0.4) is 0 Å². The first-order valence-corrected chi connectivity index (χ1v) is 8.13. The molecule has 0 aromatic carbocycles. The Bertz CT molecular complexity index is 614. The Morgan fingerprint density at radius 2 is 2.23 bits per heavy atom. The Hall–Kier alpha value is -1.66. The lowest BCUT2D eigenvalue weighted by Crippen LogP contribution is -2.34. The Morgan fingerprint density at radius 1 is 1.50 bits per heavy atom. The monoisotopic (exact) mass is 322 g/mol. The first kappa shape index (κ1) is 16.7. The van der Waals surface area contributed by atoms with Crippen molar-refractivity contribution in [1.29, 1.82) is 0 Å². The maximum atomic E-state index is 12.4. The van der Waals surface area contributed by atoms with E-state index >= 15 is 0 Å². The van der Waals surface area contributed by atoms with Gasteiger partial charge in [-0.15, -0.1) is 11.3 Å². The van der Waals surface area contributed by atoms with E-state index in [-0.39, 0.29) is 17.4 Å². The topological polar surface area (TPSA) is 75.4 Å². The largest absolute Gasteiger partial charge is 0.467 e. The second-order valence-corrected chi connectivity index (χ2v) is 7.28. The number of aromatic nitrogens is 1. The number of aliphatic hydroxyl groups is 1. The van der Waals surface area contributed by atoms with Gasteiger partial charge in [0.05, 0.1) is 17.5 Å². The van der Waals surface area contributed by atoms with Crippen LogP contribution in [0.25, 0.3) is 0 Å². The highest BCUT2D eigenvalue weighted by atomic mass is 32.1. The summed E-state index contributed by atoms with van der Waals surface area (Å²) in [4.78, 5) is 17.3. The maximum absolute atomic E-state index is 12.4. The number of nitrogens with one attached hydrogen (secondary N) is 1. The van der Waals surface area contributed by atoms with E-state index in [1.54, 1.807) is 17.6 Å². The number of nitrogens with zero attached hydrogens (tertiary/aromatic N) is 1. The number of carbonyl (C=O) groups excluding carboxylic acids is 1. The number of furan rings is 1. The van der Waals surface area contributed by atoms with Crippen LogP contribution in [0.15, 0.2) is 28.3 Å². The van der Waals surface area contributed by atoms with Crippen molar-refractivity contribution in [2.24, 2.45) is 0 Å². The lowest BCUT2D eigenvalue weighted by molar-refractivity contribution is 0.0904. The second kappa shape index (κ2) is 6.62. The van der Waals surface area contributed by atoms with Crippen LogP contribution in [0.4, 0.5) is 0 Å². The molecule has 2 aromatic heterocycles. The van der Waals surface area contributed by atoms with Crippen molar-refractivity contribution in [1.82, 2.24) is 10.3 Å². The smallest absolute Gasteiger partial charge is 0.263 e. The molecule has 0 aliphatic heterocycles. The van der Waals surface area contributed by atoms with Crippen molar-refractivity contribution in [3.8, 4) is 0 Å². The molecule has 0 aliphatic carbocycles. The normalized spacial score (nSPS) is 14.6. The molecular formula is C16H22N2O3S. The van der Waals surface area contributed by atoms with E-state index in [1.807, 2.05) is 27.7 Å². The predicted octanol–water partition coefficient (Wildman–Crippen LogP) is 3.28. The van der Waals surface area contributed by atoms with Gasteiger partial charge in [-0.05, 0) is 19.1 Å². The minimum Gasteiger partial charge on any atom is -0.467 e. The van der Waals surface area contributed by atoms with Gasteiger partial charge in [-0.2, -0.15) is 0 Å². The first-order chi connectivity index (χ1) is 10.3. The molecule has 2 rings (SSSR count). The third kappa shape index (κ3) is 3.96. The van der Waals surface area contributed by atoms with Crippen LogP contribution in [0.1, 0.15) is 61.3 Å². The molecule has 2 N–H and O–H groups in total. The van der Waals surface area contributed by atoms with Crippen molar-refractivity contribution >= 4 is 17.2 Å². The van der Waals surface area contributed by atoms with Gasteiger partial charge in [0.1, 0.15) is 16.7 Å². The van der Waals surface area contributed by atoms with Gasteiger partial charge in [-0.25, -0.2) is 4.98 Å². The van der Waals surface area contributed by atoms with Gasteiger partial charge in [0.2, 0.25) is 0 Å². The van der Waals surface area contributed by atoms with Gasteiger partial charge in [0, 0.05) is 17.9 Å². The summed E-state index contributed by atoms with van der Waals surface area (Å²) in [6, 6.07) is 3.27. The molecule has 22 heavy (non-hydrogen) atoms. The Kier molecular flexibility index (Phi) is 5.03. The summed E-state index contributed by atoms with van der Waals surface area (Å²) in [7, 11) is 0. The van der Waals surface area contributed by atoms with Gasteiger partial charge in [-0.1, -0.05) is 20.8 Å². The van der Waals surface area contributed by atoms with E-state index in [0.29, 0.717) is 17.1 Å². The quantitative estimate of drug-likeness (QED) is 0.886. The third-order valence-electron chi connectivity index (χ3n) is 3.31. The molecule has 0 fully saturated rings. The van der Waals surface area contributed by atoms with Gasteiger partial charge < -0.3 is 14.8 Å². The lowest BCUT2D eigenvalue weighted by Gasteiger charge is -2.19. The van der Waals surface area contributed by atoms with Crippen LogP contribution in [-0.2, 0) is 5.41 Å². The summed E-state index contributed by atoms with van der Waals surface area (Å²) in [6.07, 6.45) is 1.19. The number of rotatable bonds is 5. The molecule has 2 aromatic rings. The second-order valence-electron chi connectivity index (χ2n) is 6.42. The predicted molar refractivity (Wildman–Crippen MR) is 86.0 cm³/mol. The summed E-state index contributed by atoms with van der Waals surface area (Å²) >= 11 is 1.34. The standard InChI is InChI=1S/C16H22N2O3S/c1-10(8-11(19)12-6-5-7-21-12)18-15(20)13-14(16(2,3)4)17-9-22-13/h5-7,9-11,19H,8H2,1-4H3,(H,18,20). The molecule has 6 heteroatoms. The van der Waals surface area contributed by atoms with Gasteiger partial charge >= 0.3 is 0 Å². The number of aliphatic hydroxyl groups excluding tert-OH is 1. The number of carbonyl (C=O) groups is 1. The molecule has 1 amide bonds. The highest BCUT2D eigenvalue weighted by Gasteiger charge is 2.26. The minimum atomic E-state index is -0.728. The summed E-state index contributed by atoms with van der Waals surface area (Å²) in [5, 5.41) is 13.0. The minimum absolute atomic E-state index is 0.147. The molecule has 0 saturated carbocycles. The molecule has 0 radical (unpaired) electrons. The summed E-state index contributed by atoms with van der Waals surface area (Å²) in [6.45, 7) is 7.95. The zero-order valence-electron chi connectivity index (χ0n) is 13.3. The Morgan fingerprint density at radius 3 is 2.82 bits per heavy atom. The molecular weight excluding hydrogens is 300 g/mol. The van der Waals surface area contributed by atoms with Gasteiger partial charge in [-0.3, -0.25) is 4.79 Å². The highest BCUT2D eigenvalue weighted by molar-refractivity contribution is 7.11. The SMILES string of the molecule is CC(CC(O)c1ccco1)NC(=O)c1scnc1C(C)(C)C. The fourth-order valence-electron chi connectivity index (χ4n) is 2.22. The Balaban J connectivity index is 1.99. The van der Waals surface area contributed by atoms with Gasteiger partial charge in [0.15, 0.2) is 0 Å². The first-order valence-electron chi connectivity index (χ1n) is 7.25. The summed E-state index contributed by atoms with van der Waals surface area (Å²) in [5.41, 5.74) is 2.32. The highest BCUT2D eigenvalue weighted by Crippen LogP contribution is 2.27. The van der Waals surface area contributed by atoms with Crippen molar-refractivity contribution in [3.63, 3.8) is 0 Å². The molecule has 0 spiro atoms. The molecule has 0 saturated heterocycles. The zero-order valence-corrected chi connectivity index (χ0v) is 14.1. The van der Waals surface area contributed by atoms with Crippen LogP contribution in [0.5, 0.6) is 0 Å². The Labute approximate surface area is 134 Å². The molecule has 2 heterocycles. The molecule has 0 bridgehead atoms. The average molecular weight is 322 g/mol. The van der Waals surface area contributed by atoms with Crippen LogP contribution in [0, 0.1) is 0 Å². The van der Waals surface area contributed by atoms with Crippen molar-refractivity contribution in [3.05, 3.63) is 40.2 Å². The van der Waals surface area contributed by atoms with E-state index in [2.05, 4.69) is 10.3 Å². The maximum Gasteiger partial charge on any atom is 0.263 e. The zero-order chi connectivity index (χ0) is 16.3. The fraction of sp³-hybridized carbons (Fsp3) is 0.500. The van der Waals surface area contributed by atoms with Crippen LogP contribution >= 0.6 is 11.3 Å². The fourth-order valence-corrected chi connectivity index (χ4v) is 3.12. The number of amides is 1. The van der Waals surface area contributed by atoms with Crippen molar-refractivity contribution in [2.45, 2.75) is 51.7 Å². The molecule has 0 aliphatic rings. The summed E-state index contributed by atoms with van der Waals surface area (Å²) < 4.78 is 5.17. The molecule has 5 nitrogen and oxygen atoms in total. The van der Waals surface area contributed by atoms with Crippen LogP contribution < -0.4 is 5.32 Å². The number of hydrogen-bond acceptors (Lipinski definition) is 5. The van der Waals surface area contributed by atoms with E-state index in [0.717, 1.165) is 5.69 Å². The third-order valence-corrected chi connectivity index (χ3v) is 4.14. The number of hydrogen-bond donors (Lipinski definition) is 2.